The van der Waals surface area contributed by atoms with E-state index >= 15 is 0 Å². The van der Waals surface area contributed by atoms with Gasteiger partial charge >= 0.3 is 0 Å². The van der Waals surface area contributed by atoms with E-state index in [9.17, 15) is 4.79 Å². The molecule has 1 aromatic carbocycles. The number of fused-ring (bicyclic) bond motifs is 1. The first-order chi connectivity index (χ1) is 13.7. The summed E-state index contributed by atoms with van der Waals surface area (Å²) in [6.07, 6.45) is 7.46. The van der Waals surface area contributed by atoms with Crippen molar-refractivity contribution in [1.82, 2.24) is 20.3 Å². The van der Waals surface area contributed by atoms with Crippen molar-refractivity contribution in [2.24, 2.45) is 0 Å². The summed E-state index contributed by atoms with van der Waals surface area (Å²) < 4.78 is 0. The van der Waals surface area contributed by atoms with Crippen molar-refractivity contribution in [3.05, 3.63) is 95.2 Å². The molecule has 3 aromatic heterocycles. The fourth-order valence-electron chi connectivity index (χ4n) is 3.34. The first-order valence-electron chi connectivity index (χ1n) is 9.04. The molecule has 0 fully saturated rings. The Balaban J connectivity index is 1.60. The standard InChI is InChI=1S/C22H19ClN4O/c23-21-6-5-16(13-26-21)18(19-14-25-20-4-2-1-3-17(19)20)11-22(28)27-12-15-7-9-24-10-8-15/h1-10,13-14,18,25H,11-12H2,(H,27,28)/t18-/m0/s1. The number of aromatic nitrogens is 3. The van der Waals surface area contributed by atoms with E-state index in [2.05, 4.69) is 26.3 Å². The molecule has 6 heteroatoms. The number of nitrogens with zero attached hydrogens (tertiary/aromatic N) is 2. The van der Waals surface area contributed by atoms with Crippen molar-refractivity contribution in [2.45, 2.75) is 18.9 Å². The lowest BCUT2D eigenvalue weighted by Crippen LogP contribution is -2.25. The highest BCUT2D eigenvalue weighted by molar-refractivity contribution is 6.29. The van der Waals surface area contributed by atoms with Gasteiger partial charge in [-0.25, -0.2) is 4.98 Å². The third-order valence-corrected chi connectivity index (χ3v) is 5.00. The number of hydrogen-bond acceptors (Lipinski definition) is 3. The highest BCUT2D eigenvalue weighted by Crippen LogP contribution is 2.33. The van der Waals surface area contributed by atoms with Crippen LogP contribution in [0.3, 0.4) is 0 Å². The van der Waals surface area contributed by atoms with E-state index in [4.69, 9.17) is 11.6 Å². The Morgan fingerprint density at radius 2 is 1.93 bits per heavy atom. The molecule has 28 heavy (non-hydrogen) atoms. The summed E-state index contributed by atoms with van der Waals surface area (Å²) in [5.41, 5.74) is 4.08. The zero-order valence-corrected chi connectivity index (χ0v) is 15.9. The van der Waals surface area contributed by atoms with Gasteiger partial charge in [-0.1, -0.05) is 35.9 Å². The topological polar surface area (TPSA) is 70.7 Å². The number of H-pyrrole nitrogens is 1. The lowest BCUT2D eigenvalue weighted by atomic mass is 9.89. The van der Waals surface area contributed by atoms with Crippen LogP contribution in [0.15, 0.2) is 73.3 Å². The number of rotatable bonds is 6. The molecule has 5 nitrogen and oxygen atoms in total. The van der Waals surface area contributed by atoms with Crippen molar-refractivity contribution in [3.63, 3.8) is 0 Å². The predicted molar refractivity (Wildman–Crippen MR) is 110 cm³/mol. The maximum Gasteiger partial charge on any atom is 0.221 e. The fraction of sp³-hybridized carbons (Fsp3) is 0.136. The van der Waals surface area contributed by atoms with Crippen LogP contribution in [0.25, 0.3) is 10.9 Å². The average Bonchev–Trinajstić information content (AvgIpc) is 3.16. The second-order valence-electron chi connectivity index (χ2n) is 6.59. The molecule has 140 valence electrons. The molecule has 0 unspecified atom stereocenters. The quantitative estimate of drug-likeness (QED) is 0.478. The van der Waals surface area contributed by atoms with Crippen LogP contribution in [0.5, 0.6) is 0 Å². The minimum atomic E-state index is -0.127. The summed E-state index contributed by atoms with van der Waals surface area (Å²) in [6, 6.07) is 15.5. The van der Waals surface area contributed by atoms with Crippen molar-refractivity contribution in [2.75, 3.05) is 0 Å². The molecule has 0 spiro atoms. The first-order valence-corrected chi connectivity index (χ1v) is 9.41. The average molecular weight is 391 g/mol. The van der Waals surface area contributed by atoms with Crippen LogP contribution in [0, 0.1) is 0 Å². The lowest BCUT2D eigenvalue weighted by Gasteiger charge is -2.17. The summed E-state index contributed by atoms with van der Waals surface area (Å²) in [6.45, 7) is 0.473. The molecule has 3 heterocycles. The summed E-state index contributed by atoms with van der Waals surface area (Å²) in [5, 5.41) is 4.53. The molecule has 0 aliphatic heterocycles. The Morgan fingerprint density at radius 3 is 2.71 bits per heavy atom. The van der Waals surface area contributed by atoms with Crippen molar-refractivity contribution in [1.29, 1.82) is 0 Å². The van der Waals surface area contributed by atoms with Gasteiger partial charge in [-0.3, -0.25) is 9.78 Å². The number of amides is 1. The van der Waals surface area contributed by atoms with Gasteiger partial charge in [0.05, 0.1) is 0 Å². The Bertz CT molecular complexity index is 1080. The van der Waals surface area contributed by atoms with Crippen LogP contribution in [-0.2, 0) is 11.3 Å². The highest BCUT2D eigenvalue weighted by Gasteiger charge is 2.21. The molecule has 0 saturated heterocycles. The van der Waals surface area contributed by atoms with Crippen molar-refractivity contribution in [3.8, 4) is 0 Å². The molecule has 2 N–H and O–H groups in total. The second kappa shape index (κ2) is 8.23. The summed E-state index contributed by atoms with van der Waals surface area (Å²) in [5.74, 6) is -0.152. The van der Waals surface area contributed by atoms with Crippen LogP contribution >= 0.6 is 11.6 Å². The van der Waals surface area contributed by atoms with E-state index in [1.54, 1.807) is 24.7 Å². The smallest absolute Gasteiger partial charge is 0.221 e. The number of halogens is 1. The molecule has 0 bridgehead atoms. The third-order valence-electron chi connectivity index (χ3n) is 4.78. The van der Waals surface area contributed by atoms with E-state index in [0.29, 0.717) is 18.1 Å². The number of nitrogens with one attached hydrogen (secondary N) is 2. The van der Waals surface area contributed by atoms with Gasteiger partial charge in [-0.05, 0) is 41.0 Å². The van der Waals surface area contributed by atoms with Gasteiger partial charge < -0.3 is 10.3 Å². The van der Waals surface area contributed by atoms with Crippen LogP contribution < -0.4 is 5.32 Å². The fourth-order valence-corrected chi connectivity index (χ4v) is 3.45. The molecule has 0 aliphatic carbocycles. The van der Waals surface area contributed by atoms with E-state index in [1.807, 2.05) is 42.6 Å². The maximum absolute atomic E-state index is 12.7. The minimum absolute atomic E-state index is 0.0259. The lowest BCUT2D eigenvalue weighted by molar-refractivity contribution is -0.121. The van der Waals surface area contributed by atoms with E-state index < -0.39 is 0 Å². The molecule has 0 saturated carbocycles. The zero-order valence-electron chi connectivity index (χ0n) is 15.1. The Hall–Kier alpha value is -3.18. The number of carbonyl (C=O) groups is 1. The van der Waals surface area contributed by atoms with Gasteiger partial charge in [0.2, 0.25) is 5.91 Å². The third kappa shape index (κ3) is 4.05. The highest BCUT2D eigenvalue weighted by atomic mass is 35.5. The maximum atomic E-state index is 12.7. The van der Waals surface area contributed by atoms with Crippen LogP contribution in [-0.4, -0.2) is 20.9 Å². The second-order valence-corrected chi connectivity index (χ2v) is 6.98. The Kier molecular flexibility index (Phi) is 5.35. The van der Waals surface area contributed by atoms with Crippen molar-refractivity contribution >= 4 is 28.4 Å². The predicted octanol–water partition coefficient (Wildman–Crippen LogP) is 4.45. The number of carbonyl (C=O) groups excluding carboxylic acids is 1. The first kappa shape index (κ1) is 18.2. The van der Waals surface area contributed by atoms with Gasteiger partial charge in [-0.15, -0.1) is 0 Å². The summed E-state index contributed by atoms with van der Waals surface area (Å²) in [4.78, 5) is 24.2. The molecule has 1 atom stereocenters. The van der Waals surface area contributed by atoms with E-state index in [0.717, 1.165) is 27.6 Å². The Labute approximate surface area is 167 Å². The minimum Gasteiger partial charge on any atom is -0.361 e. The van der Waals surface area contributed by atoms with Crippen LogP contribution in [0.4, 0.5) is 0 Å². The van der Waals surface area contributed by atoms with E-state index in [1.165, 1.54) is 0 Å². The number of hydrogen-bond donors (Lipinski definition) is 2. The molecule has 1 amide bonds. The van der Waals surface area contributed by atoms with E-state index in [-0.39, 0.29) is 11.8 Å². The van der Waals surface area contributed by atoms with Crippen LogP contribution in [0.1, 0.15) is 29.0 Å². The number of para-hydroxylation sites is 1. The largest absolute Gasteiger partial charge is 0.361 e. The van der Waals surface area contributed by atoms with Gasteiger partial charge in [0.25, 0.3) is 0 Å². The zero-order chi connectivity index (χ0) is 19.3. The molecule has 4 aromatic rings. The van der Waals surface area contributed by atoms with Gasteiger partial charge in [0.1, 0.15) is 5.15 Å². The molecular weight excluding hydrogens is 372 g/mol. The van der Waals surface area contributed by atoms with Gasteiger partial charge in [0.15, 0.2) is 0 Å². The SMILES string of the molecule is O=C(C[C@@H](c1ccc(Cl)nc1)c1c[nH]c2ccccc12)NCc1ccncc1. The monoisotopic (exact) mass is 390 g/mol. The number of benzene rings is 1. The molecule has 0 radical (unpaired) electrons. The molecule has 0 aliphatic rings. The Morgan fingerprint density at radius 1 is 1.11 bits per heavy atom. The summed E-state index contributed by atoms with van der Waals surface area (Å²) in [7, 11) is 0. The van der Waals surface area contributed by atoms with Gasteiger partial charge in [-0.2, -0.15) is 0 Å². The number of pyridine rings is 2. The number of aromatic amines is 1. The van der Waals surface area contributed by atoms with Crippen molar-refractivity contribution < 1.29 is 4.79 Å². The molecular formula is C22H19ClN4O. The van der Waals surface area contributed by atoms with Crippen LogP contribution in [0.2, 0.25) is 5.15 Å². The molecule has 4 rings (SSSR count). The summed E-state index contributed by atoms with van der Waals surface area (Å²) >= 11 is 5.96. The van der Waals surface area contributed by atoms with Gasteiger partial charge in [0, 0.05) is 54.6 Å². The normalized spacial score (nSPS) is 12.0.